The van der Waals surface area contributed by atoms with Crippen molar-refractivity contribution in [1.82, 2.24) is 4.90 Å². The molecule has 3 N–H and O–H groups in total. The van der Waals surface area contributed by atoms with Gasteiger partial charge in [0.05, 0.1) is 5.92 Å². The summed E-state index contributed by atoms with van der Waals surface area (Å²) in [6.07, 6.45) is 4.56. The summed E-state index contributed by atoms with van der Waals surface area (Å²) in [6, 6.07) is 7.75. The molecule has 1 fully saturated rings. The zero-order valence-electron chi connectivity index (χ0n) is 11.9. The Bertz CT molecular complexity index is 537. The highest BCUT2D eigenvalue weighted by Crippen LogP contribution is 2.18. The molecule has 5 nitrogen and oxygen atoms in total. The molecule has 2 rings (SSSR count). The minimum absolute atomic E-state index is 0.0449. The van der Waals surface area contributed by atoms with Gasteiger partial charge in [0, 0.05) is 19.2 Å². The average molecular weight is 288 g/mol. The molecule has 0 bridgehead atoms. The molecular weight excluding hydrogens is 268 g/mol. The van der Waals surface area contributed by atoms with E-state index in [2.05, 4.69) is 4.90 Å². The Morgan fingerprint density at radius 1 is 1.33 bits per heavy atom. The van der Waals surface area contributed by atoms with Gasteiger partial charge < -0.3 is 10.8 Å². The van der Waals surface area contributed by atoms with Crippen LogP contribution in [-0.4, -0.2) is 35.0 Å². The number of benzene rings is 1. The molecule has 1 heterocycles. The third-order valence-electron chi connectivity index (χ3n) is 3.71. The molecule has 5 heteroatoms. The van der Waals surface area contributed by atoms with Gasteiger partial charge >= 0.3 is 5.97 Å². The van der Waals surface area contributed by atoms with Crippen LogP contribution < -0.4 is 5.73 Å². The van der Waals surface area contributed by atoms with E-state index < -0.39 is 5.97 Å². The van der Waals surface area contributed by atoms with Crippen molar-refractivity contribution in [2.75, 3.05) is 13.1 Å². The van der Waals surface area contributed by atoms with Gasteiger partial charge in [-0.3, -0.25) is 9.69 Å². The monoisotopic (exact) mass is 288 g/mol. The number of hydrogen-bond acceptors (Lipinski definition) is 3. The molecule has 0 spiro atoms. The van der Waals surface area contributed by atoms with Gasteiger partial charge in [0.2, 0.25) is 5.91 Å². The minimum atomic E-state index is -0.954. The van der Waals surface area contributed by atoms with Crippen LogP contribution in [0.4, 0.5) is 0 Å². The summed E-state index contributed by atoms with van der Waals surface area (Å²) in [5.74, 6) is -1.21. The third-order valence-corrected chi connectivity index (χ3v) is 3.71. The zero-order valence-corrected chi connectivity index (χ0v) is 11.9. The van der Waals surface area contributed by atoms with Gasteiger partial charge in [0.15, 0.2) is 0 Å². The number of nitrogens with zero attached hydrogens (tertiary/aromatic N) is 1. The molecular formula is C16H20N2O3. The van der Waals surface area contributed by atoms with Crippen LogP contribution in [0.1, 0.15) is 24.0 Å². The Kier molecular flexibility index (Phi) is 5.11. The van der Waals surface area contributed by atoms with E-state index in [9.17, 15) is 9.59 Å². The minimum Gasteiger partial charge on any atom is -0.478 e. The molecule has 1 aromatic carbocycles. The van der Waals surface area contributed by atoms with Crippen molar-refractivity contribution in [1.29, 1.82) is 0 Å². The summed E-state index contributed by atoms with van der Waals surface area (Å²) in [5, 5.41) is 8.58. The predicted molar refractivity (Wildman–Crippen MR) is 80.3 cm³/mol. The maximum absolute atomic E-state index is 11.3. The lowest BCUT2D eigenvalue weighted by Gasteiger charge is -2.31. The average Bonchev–Trinajstić information content (AvgIpc) is 2.47. The largest absolute Gasteiger partial charge is 0.478 e. The lowest BCUT2D eigenvalue weighted by molar-refractivity contribution is -0.131. The van der Waals surface area contributed by atoms with E-state index in [0.29, 0.717) is 0 Å². The number of aliphatic carboxylic acids is 1. The molecule has 1 aliphatic heterocycles. The standard InChI is InChI=1S/C16H20N2O3/c17-16(21)14-2-1-9-18(11-14)10-13-5-3-12(4-6-13)7-8-15(19)20/h3-8,14H,1-2,9-11H2,(H2,17,21)(H,19,20). The van der Waals surface area contributed by atoms with Crippen molar-refractivity contribution in [3.8, 4) is 0 Å². The van der Waals surface area contributed by atoms with E-state index in [1.165, 1.54) is 0 Å². The summed E-state index contributed by atoms with van der Waals surface area (Å²) in [6.45, 7) is 2.48. The number of nitrogens with two attached hydrogens (primary N) is 1. The van der Waals surface area contributed by atoms with Gasteiger partial charge in [0.1, 0.15) is 0 Å². The first-order valence-corrected chi connectivity index (χ1v) is 7.06. The van der Waals surface area contributed by atoms with Crippen molar-refractivity contribution in [2.45, 2.75) is 19.4 Å². The van der Waals surface area contributed by atoms with Gasteiger partial charge in [0.25, 0.3) is 0 Å². The highest BCUT2D eigenvalue weighted by molar-refractivity contribution is 5.85. The fourth-order valence-corrected chi connectivity index (χ4v) is 2.59. The number of amides is 1. The van der Waals surface area contributed by atoms with Gasteiger partial charge in [-0.05, 0) is 36.6 Å². The highest BCUT2D eigenvalue weighted by atomic mass is 16.4. The highest BCUT2D eigenvalue weighted by Gasteiger charge is 2.23. The topological polar surface area (TPSA) is 83.6 Å². The molecule has 1 atom stereocenters. The Labute approximate surface area is 124 Å². The van der Waals surface area contributed by atoms with E-state index in [0.717, 1.165) is 49.7 Å². The number of rotatable bonds is 5. The van der Waals surface area contributed by atoms with Crippen molar-refractivity contribution in [3.05, 3.63) is 41.5 Å². The molecule has 1 aliphatic rings. The summed E-state index contributed by atoms with van der Waals surface area (Å²) >= 11 is 0. The number of carboxylic acids is 1. The summed E-state index contributed by atoms with van der Waals surface area (Å²) in [5.41, 5.74) is 7.38. The Morgan fingerprint density at radius 3 is 2.67 bits per heavy atom. The second-order valence-corrected chi connectivity index (χ2v) is 5.39. The van der Waals surface area contributed by atoms with E-state index in [1.54, 1.807) is 6.08 Å². The molecule has 0 aliphatic carbocycles. The fourth-order valence-electron chi connectivity index (χ4n) is 2.59. The molecule has 112 valence electrons. The SMILES string of the molecule is NC(=O)C1CCCN(Cc2ccc(C=CC(=O)O)cc2)C1. The first kappa shape index (κ1) is 15.3. The number of primary amides is 1. The van der Waals surface area contributed by atoms with Crippen LogP contribution >= 0.6 is 0 Å². The molecule has 1 saturated heterocycles. The van der Waals surface area contributed by atoms with Crippen LogP contribution in [0.2, 0.25) is 0 Å². The van der Waals surface area contributed by atoms with Gasteiger partial charge in [-0.2, -0.15) is 0 Å². The zero-order chi connectivity index (χ0) is 15.2. The molecule has 0 saturated carbocycles. The lowest BCUT2D eigenvalue weighted by Crippen LogP contribution is -2.40. The molecule has 1 aromatic rings. The first-order chi connectivity index (χ1) is 10.0. The first-order valence-electron chi connectivity index (χ1n) is 7.06. The predicted octanol–water partition coefficient (Wildman–Crippen LogP) is 1.48. The summed E-state index contributed by atoms with van der Waals surface area (Å²) in [7, 11) is 0. The number of hydrogen-bond donors (Lipinski definition) is 2. The van der Waals surface area contributed by atoms with Crippen LogP contribution in [0.15, 0.2) is 30.3 Å². The van der Waals surface area contributed by atoms with Crippen molar-refractivity contribution in [2.24, 2.45) is 11.7 Å². The maximum Gasteiger partial charge on any atom is 0.328 e. The van der Waals surface area contributed by atoms with Crippen LogP contribution in [0, 0.1) is 5.92 Å². The number of carboxylic acid groups (broad SMARTS) is 1. The third kappa shape index (κ3) is 4.72. The smallest absolute Gasteiger partial charge is 0.328 e. The Balaban J connectivity index is 1.94. The molecule has 1 amide bonds. The van der Waals surface area contributed by atoms with Crippen molar-refractivity contribution < 1.29 is 14.7 Å². The Morgan fingerprint density at radius 2 is 2.05 bits per heavy atom. The van der Waals surface area contributed by atoms with Crippen LogP contribution in [0.5, 0.6) is 0 Å². The van der Waals surface area contributed by atoms with Crippen molar-refractivity contribution >= 4 is 18.0 Å². The van der Waals surface area contributed by atoms with Crippen molar-refractivity contribution in [3.63, 3.8) is 0 Å². The van der Waals surface area contributed by atoms with Gasteiger partial charge in [-0.25, -0.2) is 4.79 Å². The Hall–Kier alpha value is -2.14. The number of carbonyl (C=O) groups excluding carboxylic acids is 1. The normalized spacial score (nSPS) is 19.7. The van der Waals surface area contributed by atoms with E-state index in [4.69, 9.17) is 10.8 Å². The molecule has 0 radical (unpaired) electrons. The quantitative estimate of drug-likeness (QED) is 0.804. The van der Waals surface area contributed by atoms with Gasteiger partial charge in [-0.1, -0.05) is 24.3 Å². The molecule has 0 aromatic heterocycles. The second-order valence-electron chi connectivity index (χ2n) is 5.39. The molecule has 1 unspecified atom stereocenters. The molecule has 21 heavy (non-hydrogen) atoms. The van der Waals surface area contributed by atoms with E-state index in [1.807, 2.05) is 24.3 Å². The lowest BCUT2D eigenvalue weighted by atomic mass is 9.97. The summed E-state index contributed by atoms with van der Waals surface area (Å²) < 4.78 is 0. The maximum atomic E-state index is 11.3. The summed E-state index contributed by atoms with van der Waals surface area (Å²) in [4.78, 5) is 24.0. The number of likely N-dealkylation sites (tertiary alicyclic amines) is 1. The van der Waals surface area contributed by atoms with Gasteiger partial charge in [-0.15, -0.1) is 0 Å². The van der Waals surface area contributed by atoms with E-state index in [-0.39, 0.29) is 11.8 Å². The van der Waals surface area contributed by atoms with Crippen LogP contribution in [0.25, 0.3) is 6.08 Å². The fraction of sp³-hybridized carbons (Fsp3) is 0.375. The van der Waals surface area contributed by atoms with Crippen LogP contribution in [0.3, 0.4) is 0 Å². The second kappa shape index (κ2) is 7.04. The number of carbonyl (C=O) groups is 2. The van der Waals surface area contributed by atoms with E-state index >= 15 is 0 Å². The number of piperidine rings is 1. The van der Waals surface area contributed by atoms with Crippen LogP contribution in [-0.2, 0) is 16.1 Å².